The molecule has 0 radical (unpaired) electrons. The van der Waals surface area contributed by atoms with E-state index in [1.807, 2.05) is 6.92 Å². The van der Waals surface area contributed by atoms with E-state index in [9.17, 15) is 13.6 Å². The molecular formula is C19H17F2N5OS. The number of anilines is 1. The number of nitrogens with one attached hydrogen (secondary N) is 2. The number of para-hydroxylation sites is 1. The molecule has 2 aromatic carbocycles. The number of halogens is 2. The van der Waals surface area contributed by atoms with E-state index in [-0.39, 0.29) is 17.4 Å². The molecule has 4 rings (SSSR count). The topological polar surface area (TPSA) is 71.8 Å². The smallest absolute Gasteiger partial charge is 0.240 e. The van der Waals surface area contributed by atoms with Gasteiger partial charge in [-0.1, -0.05) is 43.0 Å². The second-order valence-corrected chi connectivity index (χ2v) is 7.36. The van der Waals surface area contributed by atoms with Crippen LogP contribution in [0.4, 0.5) is 14.5 Å². The number of rotatable bonds is 4. The molecule has 0 saturated heterocycles. The number of hydrogen-bond donors (Lipinski definition) is 2. The van der Waals surface area contributed by atoms with Crippen molar-refractivity contribution >= 4 is 23.4 Å². The molecule has 0 fully saturated rings. The summed E-state index contributed by atoms with van der Waals surface area (Å²) in [7, 11) is 0. The molecule has 1 aliphatic heterocycles. The summed E-state index contributed by atoms with van der Waals surface area (Å²) in [5.41, 5.74) is 4.09. The molecule has 0 spiro atoms. The van der Waals surface area contributed by atoms with Crippen molar-refractivity contribution in [1.29, 1.82) is 0 Å². The SMILES string of the molecule is CCc1nnc2n1NC(c1ccc(F)cc1)C(C(=O)Nc1ccccc1F)S2. The summed E-state index contributed by atoms with van der Waals surface area (Å²) in [6.07, 6.45) is 0.656. The maximum Gasteiger partial charge on any atom is 0.240 e. The minimum absolute atomic E-state index is 0.104. The Morgan fingerprint density at radius 2 is 1.93 bits per heavy atom. The van der Waals surface area contributed by atoms with Crippen LogP contribution in [0.2, 0.25) is 0 Å². The van der Waals surface area contributed by atoms with E-state index in [1.54, 1.807) is 28.9 Å². The monoisotopic (exact) mass is 401 g/mol. The largest absolute Gasteiger partial charge is 0.323 e. The number of aromatic nitrogens is 3. The van der Waals surface area contributed by atoms with Crippen molar-refractivity contribution in [2.45, 2.75) is 29.8 Å². The summed E-state index contributed by atoms with van der Waals surface area (Å²) < 4.78 is 29.1. The van der Waals surface area contributed by atoms with Gasteiger partial charge in [0.1, 0.15) is 16.9 Å². The van der Waals surface area contributed by atoms with Gasteiger partial charge in [-0.05, 0) is 29.8 Å². The van der Waals surface area contributed by atoms with E-state index in [2.05, 4.69) is 20.9 Å². The van der Waals surface area contributed by atoms with Gasteiger partial charge in [-0.25, -0.2) is 13.5 Å². The van der Waals surface area contributed by atoms with E-state index in [0.29, 0.717) is 11.6 Å². The number of aryl methyl sites for hydroxylation is 1. The zero-order chi connectivity index (χ0) is 19.7. The number of fused-ring (bicyclic) bond motifs is 1. The zero-order valence-corrected chi connectivity index (χ0v) is 15.7. The standard InChI is InChI=1S/C19H17F2N5OS/c1-2-15-23-24-19-26(15)25-16(11-7-9-12(20)10-8-11)17(28-19)18(27)22-14-6-4-3-5-13(14)21/h3-10,16-17,25H,2H2,1H3,(H,22,27). The summed E-state index contributed by atoms with van der Waals surface area (Å²) >= 11 is 1.23. The number of carbonyl (C=O) groups excluding carboxylic acids is 1. The molecule has 6 nitrogen and oxygen atoms in total. The molecule has 0 saturated carbocycles. The molecule has 28 heavy (non-hydrogen) atoms. The van der Waals surface area contributed by atoms with Gasteiger partial charge < -0.3 is 10.7 Å². The Kier molecular flexibility index (Phi) is 4.99. The fourth-order valence-electron chi connectivity index (χ4n) is 3.01. The van der Waals surface area contributed by atoms with Crippen molar-refractivity contribution in [3.63, 3.8) is 0 Å². The van der Waals surface area contributed by atoms with Gasteiger partial charge in [0.25, 0.3) is 0 Å². The maximum atomic E-state index is 14.0. The van der Waals surface area contributed by atoms with Gasteiger partial charge >= 0.3 is 0 Å². The molecule has 1 aliphatic rings. The predicted octanol–water partition coefficient (Wildman–Crippen LogP) is 3.52. The second kappa shape index (κ2) is 7.59. The number of nitrogens with zero attached hydrogens (tertiary/aromatic N) is 3. The summed E-state index contributed by atoms with van der Waals surface area (Å²) in [5.74, 6) is -0.537. The Labute approximate surface area is 164 Å². The molecule has 0 bridgehead atoms. The van der Waals surface area contributed by atoms with Crippen molar-refractivity contribution in [3.05, 3.63) is 71.6 Å². The Bertz CT molecular complexity index is 1010. The normalized spacial score (nSPS) is 18.2. The summed E-state index contributed by atoms with van der Waals surface area (Å²) in [6.45, 7) is 1.95. The van der Waals surface area contributed by atoms with Gasteiger partial charge in [-0.3, -0.25) is 4.79 Å². The van der Waals surface area contributed by atoms with Crippen molar-refractivity contribution in [2.24, 2.45) is 0 Å². The van der Waals surface area contributed by atoms with E-state index < -0.39 is 17.1 Å². The van der Waals surface area contributed by atoms with Crippen LogP contribution in [0.5, 0.6) is 0 Å². The average Bonchev–Trinajstić information content (AvgIpc) is 3.11. The van der Waals surface area contributed by atoms with Crippen LogP contribution in [0, 0.1) is 11.6 Å². The fraction of sp³-hybridized carbons (Fsp3) is 0.211. The van der Waals surface area contributed by atoms with Crippen molar-refractivity contribution in [2.75, 3.05) is 10.7 Å². The number of carbonyl (C=O) groups is 1. The number of benzene rings is 2. The van der Waals surface area contributed by atoms with Crippen LogP contribution >= 0.6 is 11.8 Å². The van der Waals surface area contributed by atoms with E-state index in [0.717, 1.165) is 11.4 Å². The highest BCUT2D eigenvalue weighted by Gasteiger charge is 2.37. The van der Waals surface area contributed by atoms with Gasteiger partial charge in [0.2, 0.25) is 11.1 Å². The van der Waals surface area contributed by atoms with Gasteiger partial charge in [0.15, 0.2) is 5.82 Å². The van der Waals surface area contributed by atoms with Crippen molar-refractivity contribution < 1.29 is 13.6 Å². The molecule has 9 heteroatoms. The van der Waals surface area contributed by atoms with Crippen LogP contribution in [0.3, 0.4) is 0 Å². The number of thioether (sulfide) groups is 1. The lowest BCUT2D eigenvalue weighted by molar-refractivity contribution is -0.116. The molecule has 2 atom stereocenters. The van der Waals surface area contributed by atoms with Crippen molar-refractivity contribution in [1.82, 2.24) is 14.9 Å². The van der Waals surface area contributed by atoms with E-state index in [1.165, 1.54) is 36.0 Å². The Balaban J connectivity index is 1.68. The maximum absolute atomic E-state index is 14.0. The second-order valence-electron chi connectivity index (χ2n) is 6.25. The van der Waals surface area contributed by atoms with Crippen LogP contribution in [0.1, 0.15) is 24.4 Å². The fourth-order valence-corrected chi connectivity index (χ4v) is 4.11. The predicted molar refractivity (Wildman–Crippen MR) is 103 cm³/mol. The summed E-state index contributed by atoms with van der Waals surface area (Å²) in [4.78, 5) is 13.0. The first-order valence-electron chi connectivity index (χ1n) is 8.75. The summed E-state index contributed by atoms with van der Waals surface area (Å²) in [5, 5.41) is 10.8. The first kappa shape index (κ1) is 18.4. The van der Waals surface area contributed by atoms with Gasteiger partial charge in [-0.15, -0.1) is 10.2 Å². The minimum Gasteiger partial charge on any atom is -0.323 e. The van der Waals surface area contributed by atoms with Gasteiger partial charge in [0, 0.05) is 6.42 Å². The number of amides is 1. The lowest BCUT2D eigenvalue weighted by Gasteiger charge is -2.33. The third kappa shape index (κ3) is 3.45. The van der Waals surface area contributed by atoms with Crippen LogP contribution < -0.4 is 10.7 Å². The number of hydrogen-bond acceptors (Lipinski definition) is 5. The highest BCUT2D eigenvalue weighted by Crippen LogP contribution is 2.37. The Hall–Kier alpha value is -2.94. The van der Waals surface area contributed by atoms with Crippen LogP contribution in [-0.4, -0.2) is 26.0 Å². The molecule has 1 aromatic heterocycles. The quantitative estimate of drug-likeness (QED) is 0.700. The molecular weight excluding hydrogens is 384 g/mol. The Morgan fingerprint density at radius 1 is 1.18 bits per heavy atom. The molecule has 144 valence electrons. The van der Waals surface area contributed by atoms with Crippen LogP contribution in [0.25, 0.3) is 0 Å². The van der Waals surface area contributed by atoms with E-state index >= 15 is 0 Å². The Morgan fingerprint density at radius 3 is 2.64 bits per heavy atom. The molecule has 3 aromatic rings. The minimum atomic E-state index is -0.661. The molecule has 2 N–H and O–H groups in total. The van der Waals surface area contributed by atoms with Gasteiger partial charge in [-0.2, -0.15) is 0 Å². The van der Waals surface area contributed by atoms with Crippen LogP contribution in [-0.2, 0) is 11.2 Å². The highest BCUT2D eigenvalue weighted by molar-refractivity contribution is 8.00. The lowest BCUT2D eigenvalue weighted by Crippen LogP contribution is -2.41. The first-order chi connectivity index (χ1) is 13.6. The molecule has 2 unspecified atom stereocenters. The molecule has 0 aliphatic carbocycles. The first-order valence-corrected chi connectivity index (χ1v) is 9.63. The molecule has 1 amide bonds. The average molecular weight is 401 g/mol. The van der Waals surface area contributed by atoms with Crippen LogP contribution in [0.15, 0.2) is 53.7 Å². The third-order valence-electron chi connectivity index (χ3n) is 4.44. The molecule has 2 heterocycles. The summed E-state index contributed by atoms with van der Waals surface area (Å²) in [6, 6.07) is 11.4. The van der Waals surface area contributed by atoms with E-state index in [4.69, 9.17) is 0 Å². The van der Waals surface area contributed by atoms with Crippen molar-refractivity contribution in [3.8, 4) is 0 Å². The third-order valence-corrected chi connectivity index (χ3v) is 5.65. The lowest BCUT2D eigenvalue weighted by atomic mass is 10.0. The zero-order valence-electron chi connectivity index (χ0n) is 14.9. The highest BCUT2D eigenvalue weighted by atomic mass is 32.2. The van der Waals surface area contributed by atoms with Gasteiger partial charge in [0.05, 0.1) is 11.7 Å².